The first-order valence-electron chi connectivity index (χ1n) is 8.83. The minimum Gasteiger partial charge on any atom is -0.493 e. The lowest BCUT2D eigenvalue weighted by atomic mass is 10.1. The van der Waals surface area contributed by atoms with Crippen molar-refractivity contribution in [3.8, 4) is 11.5 Å². The monoisotopic (exact) mass is 362 g/mol. The first kappa shape index (κ1) is 18.0. The van der Waals surface area contributed by atoms with Crippen LogP contribution in [0.1, 0.15) is 19.8 Å². The number of amides is 1. The van der Waals surface area contributed by atoms with Gasteiger partial charge >= 0.3 is 6.09 Å². The van der Waals surface area contributed by atoms with Crippen molar-refractivity contribution >= 4 is 18.1 Å². The number of nitrogens with zero attached hydrogens (tertiary/aromatic N) is 1. The third-order valence-electron chi connectivity index (χ3n) is 4.58. The number of hydrogen-bond acceptors (Lipinski definition) is 7. The first-order chi connectivity index (χ1) is 12.7. The number of rotatable bonds is 5. The van der Waals surface area contributed by atoms with Gasteiger partial charge in [-0.25, -0.2) is 4.79 Å². The molecule has 2 aliphatic heterocycles. The minimum atomic E-state index is -0.340. The van der Waals surface area contributed by atoms with Crippen LogP contribution in [0.5, 0.6) is 11.5 Å². The molecule has 26 heavy (non-hydrogen) atoms. The van der Waals surface area contributed by atoms with Crippen molar-refractivity contribution in [2.45, 2.75) is 25.9 Å². The molecule has 0 unspecified atom stereocenters. The lowest BCUT2D eigenvalue weighted by molar-refractivity contribution is 0.0624. The second kappa shape index (κ2) is 8.07. The van der Waals surface area contributed by atoms with Crippen LogP contribution < -0.4 is 36.1 Å². The van der Waals surface area contributed by atoms with Gasteiger partial charge in [0.2, 0.25) is 0 Å². The van der Waals surface area contributed by atoms with E-state index in [2.05, 4.69) is 21.1 Å². The predicted octanol–water partition coefficient (Wildman–Crippen LogP) is -0.174. The molecule has 1 saturated heterocycles. The maximum absolute atomic E-state index is 11.6. The van der Waals surface area contributed by atoms with Gasteiger partial charge in [0.15, 0.2) is 11.5 Å². The second-order valence-corrected chi connectivity index (χ2v) is 6.18. The number of hydrazine groups is 1. The topological polar surface area (TPSA) is 84.1 Å². The van der Waals surface area contributed by atoms with E-state index in [9.17, 15) is 4.79 Å². The van der Waals surface area contributed by atoms with E-state index in [1.165, 1.54) is 0 Å². The highest BCUT2D eigenvalue weighted by Crippen LogP contribution is 2.23. The number of hydrogen-bond donors (Lipinski definition) is 3. The van der Waals surface area contributed by atoms with E-state index < -0.39 is 0 Å². The summed E-state index contributed by atoms with van der Waals surface area (Å²) in [5.74, 6) is 2.37. The maximum Gasteiger partial charge on any atom is 0.407 e. The summed E-state index contributed by atoms with van der Waals surface area (Å²) < 4.78 is 16.3. The van der Waals surface area contributed by atoms with Gasteiger partial charge in [-0.15, -0.1) is 0 Å². The van der Waals surface area contributed by atoms with E-state index in [4.69, 9.17) is 14.2 Å². The number of likely N-dealkylation sites (tertiary alicyclic amines) is 1. The Morgan fingerprint density at radius 1 is 1.23 bits per heavy atom. The molecule has 0 aromatic heterocycles. The van der Waals surface area contributed by atoms with Crippen molar-refractivity contribution in [2.24, 2.45) is 0 Å². The number of alkyl carbamates (subject to hydrolysis) is 1. The molecule has 2 heterocycles. The van der Waals surface area contributed by atoms with Crippen LogP contribution in [0.2, 0.25) is 0 Å². The van der Waals surface area contributed by atoms with Crippen LogP contribution in [0, 0.1) is 0 Å². The number of benzene rings is 1. The van der Waals surface area contributed by atoms with Crippen molar-refractivity contribution in [3.05, 3.63) is 22.6 Å². The van der Waals surface area contributed by atoms with Gasteiger partial charge in [0.05, 0.1) is 14.2 Å². The fraction of sp³-hybridized carbons (Fsp3) is 0.500. The smallest absolute Gasteiger partial charge is 0.407 e. The Morgan fingerprint density at radius 3 is 2.58 bits per heavy atom. The molecule has 0 bridgehead atoms. The third kappa shape index (κ3) is 3.74. The molecule has 0 spiro atoms. The Kier molecular flexibility index (Phi) is 5.60. The molecule has 1 aromatic rings. The molecule has 0 aliphatic carbocycles. The van der Waals surface area contributed by atoms with E-state index in [0.29, 0.717) is 18.0 Å². The Hall–Kier alpha value is -2.77. The van der Waals surface area contributed by atoms with Crippen LogP contribution in [-0.2, 0) is 4.74 Å². The molecule has 0 radical (unpaired) electrons. The number of nitrogens with one attached hydrogen (secondary N) is 3. The van der Waals surface area contributed by atoms with E-state index in [-0.39, 0.29) is 12.2 Å². The minimum absolute atomic E-state index is 0.0496. The Balaban J connectivity index is 1.79. The van der Waals surface area contributed by atoms with Crippen molar-refractivity contribution < 1.29 is 19.0 Å². The number of ether oxygens (including phenoxy) is 3. The highest BCUT2D eigenvalue weighted by molar-refractivity contribution is 5.67. The second-order valence-electron chi connectivity index (χ2n) is 6.18. The standard InChI is InChI=1S/C18H26N4O4/c1-4-19-18(23)26-13-5-7-22(8-6-13)17-14-10-16(25-3)15(24-2)9-12(14)11-20-21-17/h9-11,13,20-21H,4-8H2,1-3H3,(H,19,23). The SMILES string of the molecule is CCNC(=O)OC1CCN(C2=c3cc(OC)c(OC)cc3=CNN2)CC1. The molecule has 8 heteroatoms. The highest BCUT2D eigenvalue weighted by atomic mass is 16.6. The molecule has 1 fully saturated rings. The fourth-order valence-electron chi connectivity index (χ4n) is 3.25. The summed E-state index contributed by atoms with van der Waals surface area (Å²) >= 11 is 0. The molecule has 1 amide bonds. The van der Waals surface area contributed by atoms with Gasteiger partial charge in [-0.1, -0.05) is 0 Å². The van der Waals surface area contributed by atoms with Crippen molar-refractivity contribution in [1.29, 1.82) is 0 Å². The zero-order valence-electron chi connectivity index (χ0n) is 15.4. The van der Waals surface area contributed by atoms with Gasteiger partial charge in [0.25, 0.3) is 0 Å². The van der Waals surface area contributed by atoms with Gasteiger partial charge < -0.3 is 29.9 Å². The van der Waals surface area contributed by atoms with Crippen molar-refractivity contribution in [2.75, 3.05) is 33.9 Å². The van der Waals surface area contributed by atoms with E-state index in [1.807, 2.05) is 25.3 Å². The molecular weight excluding hydrogens is 336 g/mol. The molecule has 142 valence electrons. The summed E-state index contributed by atoms with van der Waals surface area (Å²) in [7, 11) is 3.26. The average molecular weight is 362 g/mol. The molecule has 3 N–H and O–H groups in total. The summed E-state index contributed by atoms with van der Waals surface area (Å²) in [4.78, 5) is 13.8. The Morgan fingerprint density at radius 2 is 1.92 bits per heavy atom. The van der Waals surface area contributed by atoms with Gasteiger partial charge in [-0.3, -0.25) is 5.43 Å². The predicted molar refractivity (Wildman–Crippen MR) is 97.7 cm³/mol. The molecule has 1 aromatic carbocycles. The molecule has 2 aliphatic rings. The zero-order valence-corrected chi connectivity index (χ0v) is 15.4. The fourth-order valence-corrected chi connectivity index (χ4v) is 3.25. The molecular formula is C18H26N4O4. The van der Waals surface area contributed by atoms with Gasteiger partial charge in [-0.05, 0) is 19.1 Å². The average Bonchev–Trinajstić information content (AvgIpc) is 2.67. The van der Waals surface area contributed by atoms with Crippen LogP contribution >= 0.6 is 0 Å². The third-order valence-corrected chi connectivity index (χ3v) is 4.58. The van der Waals surface area contributed by atoms with E-state index in [0.717, 1.165) is 42.2 Å². The van der Waals surface area contributed by atoms with Crippen LogP contribution in [0.15, 0.2) is 12.1 Å². The number of fused-ring (bicyclic) bond motifs is 1. The summed E-state index contributed by atoms with van der Waals surface area (Å²) in [6.45, 7) is 4.04. The van der Waals surface area contributed by atoms with E-state index >= 15 is 0 Å². The van der Waals surface area contributed by atoms with Gasteiger partial charge in [-0.2, -0.15) is 0 Å². The Bertz CT molecular complexity index is 772. The number of carbonyl (C=O) groups excluding carboxylic acids is 1. The summed E-state index contributed by atoms with van der Waals surface area (Å²) in [5.41, 5.74) is 6.32. The van der Waals surface area contributed by atoms with Crippen LogP contribution in [0.4, 0.5) is 4.79 Å². The summed E-state index contributed by atoms with van der Waals surface area (Å²) in [6.07, 6.45) is 3.08. The normalized spacial score (nSPS) is 16.6. The quantitative estimate of drug-likeness (QED) is 0.670. The number of piperidine rings is 1. The van der Waals surface area contributed by atoms with Crippen LogP contribution in [-0.4, -0.2) is 51.0 Å². The van der Waals surface area contributed by atoms with Gasteiger partial charge in [0, 0.05) is 49.1 Å². The first-order valence-corrected chi connectivity index (χ1v) is 8.83. The molecule has 3 rings (SSSR count). The lowest BCUT2D eigenvalue weighted by Crippen LogP contribution is -2.51. The maximum atomic E-state index is 11.6. The summed E-state index contributed by atoms with van der Waals surface area (Å²) in [6, 6.07) is 3.93. The summed E-state index contributed by atoms with van der Waals surface area (Å²) in [5, 5.41) is 4.74. The number of carbonyl (C=O) groups is 1. The zero-order chi connectivity index (χ0) is 18.5. The lowest BCUT2D eigenvalue weighted by Gasteiger charge is -2.35. The van der Waals surface area contributed by atoms with Crippen molar-refractivity contribution in [3.63, 3.8) is 0 Å². The Labute approximate surface area is 152 Å². The van der Waals surface area contributed by atoms with Gasteiger partial charge in [0.1, 0.15) is 11.9 Å². The van der Waals surface area contributed by atoms with Crippen LogP contribution in [0.25, 0.3) is 12.0 Å². The van der Waals surface area contributed by atoms with Crippen LogP contribution in [0.3, 0.4) is 0 Å². The molecule has 8 nitrogen and oxygen atoms in total. The highest BCUT2D eigenvalue weighted by Gasteiger charge is 2.24. The van der Waals surface area contributed by atoms with E-state index in [1.54, 1.807) is 14.2 Å². The molecule has 0 saturated carbocycles. The number of methoxy groups -OCH3 is 2. The molecule has 0 atom stereocenters. The van der Waals surface area contributed by atoms with Crippen molar-refractivity contribution in [1.82, 2.24) is 21.1 Å². The largest absolute Gasteiger partial charge is 0.493 e.